The zero-order valence-corrected chi connectivity index (χ0v) is 21.4. The number of carboxylic acid groups (broad SMARTS) is 1. The Hall–Kier alpha value is -3.72. The van der Waals surface area contributed by atoms with Crippen LogP contribution >= 0.6 is 11.8 Å². The predicted octanol–water partition coefficient (Wildman–Crippen LogP) is 6.65. The lowest BCUT2D eigenvalue weighted by atomic mass is 10.0. The fourth-order valence-electron chi connectivity index (χ4n) is 4.06. The van der Waals surface area contributed by atoms with Crippen LogP contribution in [0.15, 0.2) is 78.0 Å². The number of aromatic nitrogens is 3. The van der Waals surface area contributed by atoms with Gasteiger partial charge in [-0.1, -0.05) is 49.0 Å². The summed E-state index contributed by atoms with van der Waals surface area (Å²) in [6, 6.07) is 19.9. The van der Waals surface area contributed by atoms with E-state index in [4.69, 9.17) is 5.11 Å². The average molecular weight is 523 g/mol. The lowest BCUT2D eigenvalue weighted by Gasteiger charge is -2.19. The van der Waals surface area contributed by atoms with Crippen molar-refractivity contribution in [1.29, 1.82) is 0 Å². The molecular formula is C28H28F2N4O2S. The van der Waals surface area contributed by atoms with Gasteiger partial charge in [-0.3, -0.25) is 9.36 Å². The number of hydrogen-bond acceptors (Lipinski definition) is 5. The number of nitrogens with zero attached hydrogens (tertiary/aromatic N) is 3. The van der Waals surface area contributed by atoms with Crippen LogP contribution in [0.25, 0.3) is 5.69 Å². The molecule has 4 rings (SSSR count). The summed E-state index contributed by atoms with van der Waals surface area (Å²) in [5.74, 6) is -0.743. The summed E-state index contributed by atoms with van der Waals surface area (Å²) >= 11 is 1.45. The Kier molecular flexibility index (Phi) is 8.55. The van der Waals surface area contributed by atoms with Crippen LogP contribution in [0.4, 0.5) is 14.5 Å². The third-order valence-corrected chi connectivity index (χ3v) is 7.00. The van der Waals surface area contributed by atoms with Crippen molar-refractivity contribution in [3.8, 4) is 5.69 Å². The van der Waals surface area contributed by atoms with Crippen LogP contribution in [0.3, 0.4) is 0 Å². The zero-order chi connectivity index (χ0) is 26.4. The molecular weight excluding hydrogens is 494 g/mol. The van der Waals surface area contributed by atoms with E-state index in [1.165, 1.54) is 36.0 Å². The fraction of sp³-hybridized carbons (Fsp3) is 0.250. The molecule has 0 aliphatic carbocycles. The smallest absolute Gasteiger partial charge is 0.305 e. The second-order valence-corrected chi connectivity index (χ2v) is 9.85. The number of nitrogens with one attached hydrogen (secondary N) is 1. The molecule has 2 N–H and O–H groups in total. The Labute approximate surface area is 218 Å². The van der Waals surface area contributed by atoms with Gasteiger partial charge < -0.3 is 10.4 Å². The summed E-state index contributed by atoms with van der Waals surface area (Å²) in [6.07, 6.45) is 1.57. The van der Waals surface area contributed by atoms with E-state index in [2.05, 4.69) is 22.4 Å². The van der Waals surface area contributed by atoms with Gasteiger partial charge in [0, 0.05) is 18.2 Å². The van der Waals surface area contributed by atoms with Crippen LogP contribution in [0.2, 0.25) is 0 Å². The Morgan fingerprint density at radius 2 is 1.62 bits per heavy atom. The third-order valence-electron chi connectivity index (χ3n) is 5.74. The normalized spacial score (nSPS) is 12.0. The first-order chi connectivity index (χ1) is 17.8. The molecule has 192 valence electrons. The highest BCUT2D eigenvalue weighted by Crippen LogP contribution is 2.41. The third kappa shape index (κ3) is 6.74. The van der Waals surface area contributed by atoms with Crippen molar-refractivity contribution in [3.63, 3.8) is 0 Å². The molecule has 0 aliphatic rings. The molecule has 0 saturated heterocycles. The SMILES string of the molecule is CCCc1nnc(SC(c2ccc(F)cc2)c2ccc(F)cc2)n1-c1cccc(NC(C)CC(=O)O)c1. The summed E-state index contributed by atoms with van der Waals surface area (Å²) in [6.45, 7) is 3.89. The number of carboxylic acids is 1. The maximum atomic E-state index is 13.7. The van der Waals surface area contributed by atoms with Crippen molar-refractivity contribution in [3.05, 3.63) is 101 Å². The Morgan fingerprint density at radius 1 is 1.00 bits per heavy atom. The maximum absolute atomic E-state index is 13.7. The average Bonchev–Trinajstić information content (AvgIpc) is 3.26. The Bertz CT molecular complexity index is 1300. The molecule has 1 aromatic heterocycles. The quantitative estimate of drug-likeness (QED) is 0.215. The molecule has 0 bridgehead atoms. The van der Waals surface area contributed by atoms with Crippen molar-refractivity contribution < 1.29 is 18.7 Å². The summed E-state index contributed by atoms with van der Waals surface area (Å²) in [5.41, 5.74) is 3.32. The van der Waals surface area contributed by atoms with Crippen LogP contribution in [-0.2, 0) is 11.2 Å². The largest absolute Gasteiger partial charge is 0.481 e. The minimum absolute atomic E-state index is 0.00390. The molecule has 0 aliphatic heterocycles. The molecule has 0 spiro atoms. The molecule has 6 nitrogen and oxygen atoms in total. The van der Waals surface area contributed by atoms with Crippen LogP contribution in [-0.4, -0.2) is 31.9 Å². The standard InChI is InChI=1S/C28H28F2N4O2S/c1-3-5-25-32-33-28(34(25)24-7-4-6-23(17-24)31-18(2)16-26(35)36)37-27(19-8-12-21(29)13-9-19)20-10-14-22(30)15-11-20/h4,6-15,17-18,27,31H,3,5,16H2,1-2H3,(H,35,36). The molecule has 3 aromatic carbocycles. The molecule has 9 heteroatoms. The highest BCUT2D eigenvalue weighted by molar-refractivity contribution is 7.99. The number of rotatable bonds is 11. The van der Waals surface area contributed by atoms with E-state index in [1.54, 1.807) is 24.3 Å². The van der Waals surface area contributed by atoms with Gasteiger partial charge in [-0.25, -0.2) is 8.78 Å². The summed E-state index contributed by atoms with van der Waals surface area (Å²) in [4.78, 5) is 11.1. The van der Waals surface area contributed by atoms with Gasteiger partial charge in [-0.15, -0.1) is 10.2 Å². The summed E-state index contributed by atoms with van der Waals surface area (Å²) < 4.78 is 29.4. The van der Waals surface area contributed by atoms with Crippen molar-refractivity contribution in [1.82, 2.24) is 14.8 Å². The molecule has 1 heterocycles. The van der Waals surface area contributed by atoms with Gasteiger partial charge in [0.05, 0.1) is 17.4 Å². The Balaban J connectivity index is 1.73. The number of benzene rings is 3. The predicted molar refractivity (Wildman–Crippen MR) is 141 cm³/mol. The lowest BCUT2D eigenvalue weighted by molar-refractivity contribution is -0.137. The first-order valence-electron chi connectivity index (χ1n) is 12.0. The zero-order valence-electron chi connectivity index (χ0n) is 20.6. The summed E-state index contributed by atoms with van der Waals surface area (Å²) in [7, 11) is 0. The molecule has 4 aromatic rings. The highest BCUT2D eigenvalue weighted by Gasteiger charge is 2.22. The fourth-order valence-corrected chi connectivity index (χ4v) is 5.26. The van der Waals surface area contributed by atoms with Gasteiger partial charge in [-0.05, 0) is 66.9 Å². The molecule has 1 unspecified atom stereocenters. The van der Waals surface area contributed by atoms with E-state index in [9.17, 15) is 13.6 Å². The second kappa shape index (κ2) is 12.0. The number of anilines is 1. The monoisotopic (exact) mass is 522 g/mol. The number of carbonyl (C=O) groups is 1. The van der Waals surface area contributed by atoms with E-state index in [0.717, 1.165) is 34.7 Å². The minimum atomic E-state index is -0.869. The van der Waals surface area contributed by atoms with Gasteiger partial charge in [0.15, 0.2) is 5.16 Å². The minimum Gasteiger partial charge on any atom is -0.481 e. The van der Waals surface area contributed by atoms with Crippen molar-refractivity contribution in [2.75, 3.05) is 5.32 Å². The summed E-state index contributed by atoms with van der Waals surface area (Å²) in [5, 5.41) is 21.6. The second-order valence-electron chi connectivity index (χ2n) is 8.78. The maximum Gasteiger partial charge on any atom is 0.305 e. The van der Waals surface area contributed by atoms with E-state index in [-0.39, 0.29) is 29.3 Å². The number of aryl methyl sites for hydroxylation is 1. The van der Waals surface area contributed by atoms with E-state index < -0.39 is 5.97 Å². The van der Waals surface area contributed by atoms with Crippen LogP contribution in [0, 0.1) is 11.6 Å². The van der Waals surface area contributed by atoms with Crippen LogP contribution in [0.1, 0.15) is 48.9 Å². The Morgan fingerprint density at radius 3 is 2.19 bits per heavy atom. The van der Waals surface area contributed by atoms with Gasteiger partial charge in [0.2, 0.25) is 0 Å². The molecule has 0 saturated carbocycles. The van der Waals surface area contributed by atoms with Crippen LogP contribution in [0.5, 0.6) is 0 Å². The van der Waals surface area contributed by atoms with Gasteiger partial charge in [0.25, 0.3) is 0 Å². The van der Waals surface area contributed by atoms with Crippen molar-refractivity contribution >= 4 is 23.4 Å². The van der Waals surface area contributed by atoms with E-state index in [1.807, 2.05) is 35.8 Å². The molecule has 1 atom stereocenters. The van der Waals surface area contributed by atoms with E-state index in [0.29, 0.717) is 11.6 Å². The number of halogens is 2. The van der Waals surface area contributed by atoms with Gasteiger partial charge >= 0.3 is 5.97 Å². The van der Waals surface area contributed by atoms with Crippen molar-refractivity contribution in [2.45, 2.75) is 49.6 Å². The molecule has 0 amide bonds. The van der Waals surface area contributed by atoms with E-state index >= 15 is 0 Å². The van der Waals surface area contributed by atoms with Crippen molar-refractivity contribution in [2.24, 2.45) is 0 Å². The number of hydrogen-bond donors (Lipinski definition) is 2. The number of aliphatic carboxylic acids is 1. The topological polar surface area (TPSA) is 80.0 Å². The molecule has 0 radical (unpaired) electrons. The van der Waals surface area contributed by atoms with Gasteiger partial charge in [-0.2, -0.15) is 0 Å². The number of thioether (sulfide) groups is 1. The first kappa shape index (κ1) is 26.3. The van der Waals surface area contributed by atoms with Crippen LogP contribution < -0.4 is 5.32 Å². The molecule has 0 fully saturated rings. The van der Waals surface area contributed by atoms with Gasteiger partial charge in [0.1, 0.15) is 17.5 Å². The molecule has 37 heavy (non-hydrogen) atoms. The highest BCUT2D eigenvalue weighted by atomic mass is 32.2. The lowest BCUT2D eigenvalue weighted by Crippen LogP contribution is -2.19. The first-order valence-corrected chi connectivity index (χ1v) is 12.9.